The first kappa shape index (κ1) is 51.4. The summed E-state index contributed by atoms with van der Waals surface area (Å²) in [4.78, 5) is 87.1. The molecular weight excluding hydrogens is 978 g/mol. The first-order valence-electron chi connectivity index (χ1n) is 26.2. The number of hydrogen-bond acceptors (Lipinski definition) is 14. The molecule has 4 aliphatic rings. The summed E-state index contributed by atoms with van der Waals surface area (Å²) in [5, 5.41) is 21.5. The van der Waals surface area contributed by atoms with Gasteiger partial charge in [0.25, 0.3) is 5.91 Å². The highest BCUT2D eigenvalue weighted by Crippen LogP contribution is 2.41. The lowest BCUT2D eigenvalue weighted by atomic mass is 9.83. The summed E-state index contributed by atoms with van der Waals surface area (Å²) in [5.41, 5.74) is 4.28. The number of nitrogens with one attached hydrogen (secondary N) is 5. The lowest BCUT2D eigenvalue weighted by Gasteiger charge is -2.35. The molecule has 4 aromatic heterocycles. The summed E-state index contributed by atoms with van der Waals surface area (Å²) in [6.45, 7) is 4.99. The van der Waals surface area contributed by atoms with Crippen LogP contribution in [-0.4, -0.2) is 145 Å². The third kappa shape index (κ3) is 11.9. The molecule has 10 rings (SSSR count). The zero-order valence-corrected chi connectivity index (χ0v) is 43.2. The molecule has 3 atom stereocenters. The van der Waals surface area contributed by atoms with Gasteiger partial charge in [0, 0.05) is 79.7 Å². The van der Waals surface area contributed by atoms with Crippen LogP contribution in [0.1, 0.15) is 120 Å². The number of imidazole rings is 1. The molecule has 6 aromatic rings. The van der Waals surface area contributed by atoms with Gasteiger partial charge in [-0.05, 0) is 95.2 Å². The molecular formula is C54H64FN13O6S. The van der Waals surface area contributed by atoms with Crippen LogP contribution in [0.5, 0.6) is 5.75 Å². The summed E-state index contributed by atoms with van der Waals surface area (Å²) in [6, 6.07) is 10.1. The molecule has 19 nitrogen and oxygen atoms in total. The third-order valence-corrected chi connectivity index (χ3v) is 15.8. The maximum atomic E-state index is 15.7. The summed E-state index contributed by atoms with van der Waals surface area (Å²) in [7, 11) is 1.73. The molecule has 0 spiro atoms. The first-order chi connectivity index (χ1) is 36.5. The number of hydrogen-bond donors (Lipinski definition) is 5. The fourth-order valence-corrected chi connectivity index (χ4v) is 11.3. The molecule has 0 unspecified atom stereocenters. The van der Waals surface area contributed by atoms with Crippen molar-refractivity contribution >= 4 is 57.9 Å². The molecule has 0 radical (unpaired) electrons. The molecule has 2 aliphatic heterocycles. The fraction of sp³-hybridized carbons (Fsp3) is 0.463. The zero-order chi connectivity index (χ0) is 52.0. The number of anilines is 2. The molecule has 21 heteroatoms. The molecule has 2 aliphatic carbocycles. The number of halogens is 1. The predicted molar refractivity (Wildman–Crippen MR) is 280 cm³/mol. The van der Waals surface area contributed by atoms with E-state index in [4.69, 9.17) is 14.7 Å². The van der Waals surface area contributed by atoms with Gasteiger partial charge in [0.15, 0.2) is 11.5 Å². The van der Waals surface area contributed by atoms with E-state index in [1.54, 1.807) is 79.2 Å². The second-order valence-corrected chi connectivity index (χ2v) is 21.0. The molecule has 6 heterocycles. The monoisotopic (exact) mass is 1040 g/mol. The Kier molecular flexibility index (Phi) is 15.9. The van der Waals surface area contributed by atoms with E-state index in [1.165, 1.54) is 17.4 Å². The Hall–Kier alpha value is -7.10. The zero-order valence-electron chi connectivity index (χ0n) is 42.4. The highest BCUT2D eigenvalue weighted by atomic mass is 32.1. The van der Waals surface area contributed by atoms with E-state index >= 15 is 4.39 Å². The van der Waals surface area contributed by atoms with E-state index < -0.39 is 17.9 Å². The maximum Gasteiger partial charge on any atom is 0.254 e. The van der Waals surface area contributed by atoms with Crippen LogP contribution < -0.4 is 26.0 Å². The van der Waals surface area contributed by atoms with Crippen molar-refractivity contribution in [3.8, 4) is 17.0 Å². The third-order valence-electron chi connectivity index (χ3n) is 14.9. The number of fused-ring (bicyclic) bond motifs is 1. The molecule has 0 bridgehead atoms. The molecule has 2 aromatic carbocycles. The van der Waals surface area contributed by atoms with Crippen LogP contribution in [0.3, 0.4) is 0 Å². The summed E-state index contributed by atoms with van der Waals surface area (Å²) in [5.74, 6) is -0.163. The minimum Gasteiger partial charge on any atom is -0.494 e. The van der Waals surface area contributed by atoms with Gasteiger partial charge in [-0.15, -0.1) is 11.3 Å². The van der Waals surface area contributed by atoms with Crippen LogP contribution in [-0.2, 0) is 14.4 Å². The van der Waals surface area contributed by atoms with Crippen molar-refractivity contribution in [1.82, 2.24) is 60.2 Å². The van der Waals surface area contributed by atoms with E-state index in [9.17, 15) is 24.0 Å². The van der Waals surface area contributed by atoms with Gasteiger partial charge in [-0.1, -0.05) is 31.4 Å². The van der Waals surface area contributed by atoms with Gasteiger partial charge in [-0.25, -0.2) is 19.3 Å². The largest absolute Gasteiger partial charge is 0.494 e. The number of H-pyrrole nitrogens is 1. The minimum atomic E-state index is -0.599. The normalized spacial score (nSPS) is 18.2. The maximum absolute atomic E-state index is 15.7. The number of aromatic nitrogens is 6. The highest BCUT2D eigenvalue weighted by Gasteiger charge is 2.40. The number of thiazole rings is 1. The van der Waals surface area contributed by atoms with Crippen molar-refractivity contribution in [3.05, 3.63) is 106 Å². The number of ether oxygens (including phenoxy) is 1. The van der Waals surface area contributed by atoms with Gasteiger partial charge in [-0.3, -0.25) is 38.4 Å². The lowest BCUT2D eigenvalue weighted by Crippen LogP contribution is -2.55. The Bertz CT molecular complexity index is 3020. The van der Waals surface area contributed by atoms with Gasteiger partial charge in [-0.2, -0.15) is 5.10 Å². The summed E-state index contributed by atoms with van der Waals surface area (Å²) in [6.07, 6.45) is 16.4. The van der Waals surface area contributed by atoms with Crippen molar-refractivity contribution in [2.24, 2.45) is 5.92 Å². The van der Waals surface area contributed by atoms with Crippen molar-refractivity contribution in [2.45, 2.75) is 95.2 Å². The Balaban J connectivity index is 0.655. The van der Waals surface area contributed by atoms with Gasteiger partial charge >= 0.3 is 0 Å². The van der Waals surface area contributed by atoms with Crippen molar-refractivity contribution in [2.75, 3.05) is 64.8 Å². The first-order valence-corrected chi connectivity index (χ1v) is 27.1. The van der Waals surface area contributed by atoms with E-state index in [0.29, 0.717) is 91.7 Å². The summed E-state index contributed by atoms with van der Waals surface area (Å²) < 4.78 is 23.6. The van der Waals surface area contributed by atoms with Crippen LogP contribution >= 0.6 is 11.3 Å². The molecule has 394 valence electrons. The smallest absolute Gasteiger partial charge is 0.254 e. The number of benzene rings is 2. The predicted octanol–water partition coefficient (Wildman–Crippen LogP) is 6.25. The second kappa shape index (κ2) is 23.2. The van der Waals surface area contributed by atoms with Gasteiger partial charge in [0.1, 0.15) is 28.3 Å². The van der Waals surface area contributed by atoms with E-state index in [1.807, 2.05) is 20.4 Å². The highest BCUT2D eigenvalue weighted by molar-refractivity contribution is 7.10. The minimum absolute atomic E-state index is 0.0752. The molecule has 75 heavy (non-hydrogen) atoms. The Morgan fingerprint density at radius 2 is 1.75 bits per heavy atom. The van der Waals surface area contributed by atoms with Crippen LogP contribution in [0.2, 0.25) is 0 Å². The average molecular weight is 1040 g/mol. The SMILES string of the molecule is CN[C@@H](C)C(=O)N[C@H](C(=O)N1CCC[C@H]1c1nc(C(=O)c2cccc(OCCCNC(=O)CN3CCN(C(=O)c4ccc(Nc5nc(C6CC6)cn6c(-c7cn[nH]c7)cnc56)c(F)c4)CC3)c2)cs1)C1CCCCC1. The van der Waals surface area contributed by atoms with Gasteiger partial charge < -0.3 is 35.8 Å². The van der Waals surface area contributed by atoms with Crippen molar-refractivity contribution in [1.29, 1.82) is 0 Å². The number of amides is 4. The van der Waals surface area contributed by atoms with E-state index in [0.717, 1.165) is 74.7 Å². The Labute approximate surface area is 438 Å². The van der Waals surface area contributed by atoms with Crippen molar-refractivity contribution in [3.63, 3.8) is 0 Å². The van der Waals surface area contributed by atoms with Crippen molar-refractivity contribution < 1.29 is 33.1 Å². The number of likely N-dealkylation sites (tertiary alicyclic amines) is 1. The van der Waals surface area contributed by atoms with E-state index in [-0.39, 0.29) is 59.2 Å². The number of rotatable bonds is 20. The number of nitrogens with zero attached hydrogens (tertiary/aromatic N) is 8. The molecule has 4 fully saturated rings. The number of likely N-dealkylation sites (N-methyl/N-ethyl adjacent to an activating group) is 1. The van der Waals surface area contributed by atoms with Crippen LogP contribution in [0, 0.1) is 11.7 Å². The van der Waals surface area contributed by atoms with Crippen LogP contribution in [0.15, 0.2) is 72.6 Å². The Morgan fingerprint density at radius 1 is 0.920 bits per heavy atom. The molecule has 2 saturated heterocycles. The quantitative estimate of drug-likeness (QED) is 0.0422. The fourth-order valence-electron chi connectivity index (χ4n) is 10.3. The second-order valence-electron chi connectivity index (χ2n) is 20.1. The molecule has 4 amide bonds. The van der Waals surface area contributed by atoms with Gasteiger partial charge in [0.2, 0.25) is 23.5 Å². The standard InChI is InChI=1S/C54H64FN13O6S/c1-33(56-2)51(71)64-47(35-9-4-3-5-10-35)54(73)67-19-7-13-44(67)52-63-43(32-75-52)48(70)36-11-6-12-39(25-36)74-24-8-18-57-46(69)31-65-20-22-66(23-21-65)53(72)37-16-17-41(40(55)26-37)61-49-50-58-29-45(38-27-59-60-28-38)68(50)30-42(62-49)34-14-15-34/h6,11-12,16-17,25-30,32-35,44,47,56H,3-5,7-10,13-15,18-24,31H2,1-2H3,(H,57,69)(H,59,60)(H,61,62)(H,64,71)/t33-,44-,47-/m0/s1. The van der Waals surface area contributed by atoms with E-state index in [2.05, 4.69) is 36.4 Å². The van der Waals surface area contributed by atoms with Crippen LogP contribution in [0.4, 0.5) is 15.9 Å². The number of carbonyl (C=O) groups is 5. The molecule has 2 saturated carbocycles. The lowest BCUT2D eigenvalue weighted by molar-refractivity contribution is -0.139. The topological polar surface area (TPSA) is 224 Å². The summed E-state index contributed by atoms with van der Waals surface area (Å²) >= 11 is 1.37. The number of aromatic amines is 1. The van der Waals surface area contributed by atoms with Gasteiger partial charge in [0.05, 0.1) is 54.7 Å². The number of piperazine rings is 1. The number of ketones is 1. The average Bonchev–Trinajstić information content (AvgIpc) is 3.88. The van der Waals surface area contributed by atoms with Crippen LogP contribution in [0.25, 0.3) is 16.9 Å². The number of carbonyl (C=O) groups excluding carboxylic acids is 5. The molecule has 5 N–H and O–H groups in total. The Morgan fingerprint density at radius 3 is 2.51 bits per heavy atom.